The maximum atomic E-state index is 12.4. The number of esters is 1. The molecule has 0 aliphatic heterocycles. The molecule has 0 bridgehead atoms. The Labute approximate surface area is 150 Å². The molecule has 0 aromatic rings. The summed E-state index contributed by atoms with van der Waals surface area (Å²) in [4.78, 5) is 12.4. The van der Waals surface area contributed by atoms with E-state index in [0.29, 0.717) is 0 Å². The maximum absolute atomic E-state index is 12.4. The highest BCUT2D eigenvalue weighted by atomic mass is 16.5. The van der Waals surface area contributed by atoms with Crippen LogP contribution in [-0.4, -0.2) is 13.1 Å². The van der Waals surface area contributed by atoms with Crippen molar-refractivity contribution in [3.8, 4) is 0 Å². The van der Waals surface area contributed by atoms with Gasteiger partial charge in [-0.05, 0) is 73.5 Å². The van der Waals surface area contributed by atoms with Crippen LogP contribution in [-0.2, 0) is 9.53 Å². The second-order valence-electron chi connectivity index (χ2n) is 9.31. The largest absolute Gasteiger partial charge is 0.469 e. The number of ether oxygens (including phenoxy) is 1. The standard InChI is InChI=1S/C22H40O2/c1-7-9-20(21(23)24-6)22(5)11-10-18-17(12-15(3)8-2)13-16(4)19(18)14-22/h15-20H,7-14H2,1-6H3. The molecule has 0 aromatic carbocycles. The number of fused-ring (bicyclic) bond motifs is 1. The van der Waals surface area contributed by atoms with Gasteiger partial charge in [-0.1, -0.05) is 47.5 Å². The SMILES string of the molecule is CCCC(C(=O)OC)C1(C)CCC2C(CC(C)CC)CC(C)C2C1. The van der Waals surface area contributed by atoms with E-state index in [4.69, 9.17) is 4.74 Å². The molecule has 2 nitrogen and oxygen atoms in total. The van der Waals surface area contributed by atoms with Crippen LogP contribution in [0, 0.1) is 40.9 Å². The number of hydrogen-bond donors (Lipinski definition) is 0. The predicted octanol–water partition coefficient (Wildman–Crippen LogP) is 6.09. The van der Waals surface area contributed by atoms with Crippen molar-refractivity contribution in [3.63, 3.8) is 0 Å². The van der Waals surface area contributed by atoms with E-state index < -0.39 is 0 Å². The van der Waals surface area contributed by atoms with E-state index in [2.05, 4.69) is 34.6 Å². The van der Waals surface area contributed by atoms with Crippen LogP contribution in [0.3, 0.4) is 0 Å². The van der Waals surface area contributed by atoms with Crippen LogP contribution in [0.1, 0.15) is 86.0 Å². The van der Waals surface area contributed by atoms with Gasteiger partial charge in [0.25, 0.3) is 0 Å². The lowest BCUT2D eigenvalue weighted by molar-refractivity contribution is -0.152. The van der Waals surface area contributed by atoms with Gasteiger partial charge in [0.1, 0.15) is 0 Å². The third-order valence-corrected chi connectivity index (χ3v) is 7.62. The van der Waals surface area contributed by atoms with E-state index in [1.165, 1.54) is 38.5 Å². The van der Waals surface area contributed by atoms with Crippen LogP contribution in [0.15, 0.2) is 0 Å². The summed E-state index contributed by atoms with van der Waals surface area (Å²) in [5.41, 5.74) is 0.143. The van der Waals surface area contributed by atoms with Crippen molar-refractivity contribution in [1.29, 1.82) is 0 Å². The molecule has 2 fully saturated rings. The fourth-order valence-corrected chi connectivity index (χ4v) is 5.99. The van der Waals surface area contributed by atoms with Crippen LogP contribution in [0.4, 0.5) is 0 Å². The van der Waals surface area contributed by atoms with E-state index in [0.717, 1.165) is 42.4 Å². The molecule has 2 aliphatic rings. The monoisotopic (exact) mass is 336 g/mol. The average molecular weight is 337 g/mol. The van der Waals surface area contributed by atoms with Crippen molar-refractivity contribution < 1.29 is 9.53 Å². The van der Waals surface area contributed by atoms with E-state index in [-0.39, 0.29) is 17.3 Å². The van der Waals surface area contributed by atoms with Gasteiger partial charge in [0.15, 0.2) is 0 Å². The molecule has 24 heavy (non-hydrogen) atoms. The van der Waals surface area contributed by atoms with Crippen molar-refractivity contribution in [2.75, 3.05) is 7.11 Å². The van der Waals surface area contributed by atoms with Crippen molar-refractivity contribution in [3.05, 3.63) is 0 Å². The van der Waals surface area contributed by atoms with Crippen LogP contribution in [0.2, 0.25) is 0 Å². The second kappa shape index (κ2) is 8.23. The minimum atomic E-state index is 0.0274. The molecular formula is C22H40O2. The van der Waals surface area contributed by atoms with Crippen molar-refractivity contribution in [2.45, 2.75) is 86.0 Å². The van der Waals surface area contributed by atoms with Gasteiger partial charge in [-0.2, -0.15) is 0 Å². The van der Waals surface area contributed by atoms with Gasteiger partial charge < -0.3 is 4.74 Å². The number of carbonyl (C=O) groups excluding carboxylic acids is 1. The fourth-order valence-electron chi connectivity index (χ4n) is 5.99. The number of carbonyl (C=O) groups is 1. The molecule has 0 heterocycles. The molecule has 140 valence electrons. The zero-order valence-corrected chi connectivity index (χ0v) is 16.9. The first-order valence-electron chi connectivity index (χ1n) is 10.4. The molecule has 2 rings (SSSR count). The van der Waals surface area contributed by atoms with Crippen molar-refractivity contribution in [1.82, 2.24) is 0 Å². The van der Waals surface area contributed by atoms with Gasteiger partial charge in [0, 0.05) is 0 Å². The summed E-state index contributed by atoms with van der Waals surface area (Å²) in [5.74, 6) is 4.45. The number of methoxy groups -OCH3 is 1. The van der Waals surface area contributed by atoms with Crippen LogP contribution in [0.5, 0.6) is 0 Å². The first-order valence-corrected chi connectivity index (χ1v) is 10.4. The topological polar surface area (TPSA) is 26.3 Å². The van der Waals surface area contributed by atoms with E-state index >= 15 is 0 Å². The Morgan fingerprint density at radius 3 is 2.58 bits per heavy atom. The lowest BCUT2D eigenvalue weighted by atomic mass is 9.58. The third-order valence-electron chi connectivity index (χ3n) is 7.62. The van der Waals surface area contributed by atoms with Crippen molar-refractivity contribution in [2.24, 2.45) is 40.9 Å². The normalized spacial score (nSPS) is 38.4. The Balaban J connectivity index is 2.11. The highest BCUT2D eigenvalue weighted by molar-refractivity contribution is 5.73. The lowest BCUT2D eigenvalue weighted by Crippen LogP contribution is -2.41. The molecule has 0 saturated heterocycles. The Kier molecular flexibility index (Phi) is 6.79. The van der Waals surface area contributed by atoms with E-state index in [1.54, 1.807) is 7.11 Å². The molecule has 2 heteroatoms. The van der Waals surface area contributed by atoms with E-state index in [1.807, 2.05) is 0 Å². The molecule has 7 atom stereocenters. The van der Waals surface area contributed by atoms with Crippen LogP contribution >= 0.6 is 0 Å². The predicted molar refractivity (Wildman–Crippen MR) is 101 cm³/mol. The minimum Gasteiger partial charge on any atom is -0.469 e. The summed E-state index contributed by atoms with van der Waals surface area (Å²) in [5, 5.41) is 0. The molecule has 0 amide bonds. The molecule has 0 aromatic heterocycles. The summed E-state index contributed by atoms with van der Waals surface area (Å²) in [6.07, 6.45) is 9.93. The van der Waals surface area contributed by atoms with Gasteiger partial charge in [0.05, 0.1) is 13.0 Å². The zero-order chi connectivity index (χ0) is 17.9. The molecule has 2 aliphatic carbocycles. The Morgan fingerprint density at radius 2 is 2.00 bits per heavy atom. The number of rotatable bonds is 7. The molecule has 7 unspecified atom stereocenters. The summed E-state index contributed by atoms with van der Waals surface area (Å²) >= 11 is 0. The zero-order valence-electron chi connectivity index (χ0n) is 16.9. The van der Waals surface area contributed by atoms with Crippen LogP contribution in [0.25, 0.3) is 0 Å². The van der Waals surface area contributed by atoms with Gasteiger partial charge in [-0.3, -0.25) is 4.79 Å². The maximum Gasteiger partial charge on any atom is 0.309 e. The Hall–Kier alpha value is -0.530. The minimum absolute atomic E-state index is 0.0274. The average Bonchev–Trinajstić information content (AvgIpc) is 2.86. The first kappa shape index (κ1) is 19.8. The van der Waals surface area contributed by atoms with E-state index in [9.17, 15) is 4.79 Å². The Morgan fingerprint density at radius 1 is 1.29 bits per heavy atom. The molecule has 0 N–H and O–H groups in total. The van der Waals surface area contributed by atoms with Crippen LogP contribution < -0.4 is 0 Å². The highest BCUT2D eigenvalue weighted by Crippen LogP contribution is 2.58. The summed E-state index contributed by atoms with van der Waals surface area (Å²) in [7, 11) is 1.56. The van der Waals surface area contributed by atoms with Gasteiger partial charge in [0.2, 0.25) is 0 Å². The molecule has 0 radical (unpaired) electrons. The highest BCUT2D eigenvalue weighted by Gasteiger charge is 2.51. The van der Waals surface area contributed by atoms with Gasteiger partial charge >= 0.3 is 5.97 Å². The van der Waals surface area contributed by atoms with Crippen molar-refractivity contribution >= 4 is 5.97 Å². The third kappa shape index (κ3) is 3.99. The van der Waals surface area contributed by atoms with Gasteiger partial charge in [-0.15, -0.1) is 0 Å². The summed E-state index contributed by atoms with van der Waals surface area (Å²) in [6, 6.07) is 0. The first-order chi connectivity index (χ1) is 11.4. The van der Waals surface area contributed by atoms with Gasteiger partial charge in [-0.25, -0.2) is 0 Å². The number of hydrogen-bond acceptors (Lipinski definition) is 2. The Bertz CT molecular complexity index is 418. The molecule has 2 saturated carbocycles. The molecule has 0 spiro atoms. The molecular weight excluding hydrogens is 296 g/mol. The summed E-state index contributed by atoms with van der Waals surface area (Å²) in [6.45, 7) is 11.8. The quantitative estimate of drug-likeness (QED) is 0.526. The summed E-state index contributed by atoms with van der Waals surface area (Å²) < 4.78 is 5.17. The lowest BCUT2D eigenvalue weighted by Gasteiger charge is -2.46. The smallest absolute Gasteiger partial charge is 0.309 e. The fraction of sp³-hybridized carbons (Fsp3) is 0.955. The second-order valence-corrected chi connectivity index (χ2v) is 9.31.